The number of H-pyrrole nitrogens is 1. The van der Waals surface area contributed by atoms with E-state index in [4.69, 9.17) is 0 Å². The van der Waals surface area contributed by atoms with Gasteiger partial charge in [0, 0.05) is 44.3 Å². The summed E-state index contributed by atoms with van der Waals surface area (Å²) >= 11 is 0. The zero-order valence-corrected chi connectivity index (χ0v) is 12.4. The third-order valence-electron chi connectivity index (χ3n) is 4.27. The van der Waals surface area contributed by atoms with Gasteiger partial charge in [0.1, 0.15) is 5.82 Å². The summed E-state index contributed by atoms with van der Waals surface area (Å²) in [4.78, 5) is 9.26. The molecule has 22 heavy (non-hydrogen) atoms. The summed E-state index contributed by atoms with van der Waals surface area (Å²) in [7, 11) is 0. The summed E-state index contributed by atoms with van der Waals surface area (Å²) in [5.41, 5.74) is 2.26. The number of aromatic nitrogens is 3. The van der Waals surface area contributed by atoms with Gasteiger partial charge in [-0.2, -0.15) is 5.10 Å². The fourth-order valence-electron chi connectivity index (χ4n) is 3.03. The predicted octanol–water partition coefficient (Wildman–Crippen LogP) is 2.28. The lowest BCUT2D eigenvalue weighted by Crippen LogP contribution is -2.46. The maximum atomic E-state index is 4.44. The quantitative estimate of drug-likeness (QED) is 0.805. The molecule has 3 aromatic rings. The average Bonchev–Trinajstić information content (AvgIpc) is 3.00. The Morgan fingerprint density at radius 3 is 2.59 bits per heavy atom. The SMILES string of the molecule is c1ccc(N2CCN(Cc3[nH]nc4ccccc34)CC2)nc1. The molecule has 3 heterocycles. The number of hydrogen-bond acceptors (Lipinski definition) is 4. The third kappa shape index (κ3) is 2.55. The Labute approximate surface area is 129 Å². The topological polar surface area (TPSA) is 48.0 Å². The van der Waals surface area contributed by atoms with E-state index in [1.807, 2.05) is 30.5 Å². The number of nitrogens with zero attached hydrogens (tertiary/aromatic N) is 4. The van der Waals surface area contributed by atoms with E-state index in [1.54, 1.807) is 0 Å². The Hall–Kier alpha value is -2.40. The van der Waals surface area contributed by atoms with Crippen LogP contribution in [0.2, 0.25) is 0 Å². The van der Waals surface area contributed by atoms with E-state index in [0.717, 1.165) is 44.1 Å². The highest BCUT2D eigenvalue weighted by molar-refractivity contribution is 5.81. The summed E-state index contributed by atoms with van der Waals surface area (Å²) in [6.45, 7) is 5.05. The Bertz CT molecular complexity index is 744. The lowest BCUT2D eigenvalue weighted by atomic mass is 10.2. The van der Waals surface area contributed by atoms with Gasteiger partial charge in [0.15, 0.2) is 0 Å². The molecule has 0 amide bonds. The number of benzene rings is 1. The number of hydrogen-bond donors (Lipinski definition) is 1. The van der Waals surface area contributed by atoms with Crippen molar-refractivity contribution in [3.63, 3.8) is 0 Å². The van der Waals surface area contributed by atoms with E-state index >= 15 is 0 Å². The number of aromatic amines is 1. The van der Waals surface area contributed by atoms with E-state index in [0.29, 0.717) is 0 Å². The van der Waals surface area contributed by atoms with Crippen LogP contribution in [-0.2, 0) is 6.54 Å². The van der Waals surface area contributed by atoms with Gasteiger partial charge in [0.05, 0.1) is 11.2 Å². The van der Waals surface area contributed by atoms with E-state index in [2.05, 4.69) is 43.2 Å². The number of rotatable bonds is 3. The van der Waals surface area contributed by atoms with Gasteiger partial charge < -0.3 is 4.90 Å². The first-order chi connectivity index (χ1) is 10.9. The number of pyridine rings is 1. The molecule has 0 aliphatic carbocycles. The molecule has 5 heteroatoms. The summed E-state index contributed by atoms with van der Waals surface area (Å²) in [5, 5.41) is 8.79. The first kappa shape index (κ1) is 13.3. The molecule has 2 aromatic heterocycles. The predicted molar refractivity (Wildman–Crippen MR) is 87.8 cm³/mol. The maximum Gasteiger partial charge on any atom is 0.128 e. The largest absolute Gasteiger partial charge is 0.354 e. The van der Waals surface area contributed by atoms with Crippen LogP contribution < -0.4 is 4.90 Å². The normalized spacial score (nSPS) is 16.3. The highest BCUT2D eigenvalue weighted by Gasteiger charge is 2.19. The minimum atomic E-state index is 0.927. The molecule has 1 aliphatic heterocycles. The molecule has 112 valence electrons. The van der Waals surface area contributed by atoms with Crippen LogP contribution in [0, 0.1) is 0 Å². The smallest absolute Gasteiger partial charge is 0.128 e. The second-order valence-corrected chi connectivity index (χ2v) is 5.67. The van der Waals surface area contributed by atoms with Crippen LogP contribution in [0.1, 0.15) is 5.69 Å². The van der Waals surface area contributed by atoms with Crippen LogP contribution in [0.15, 0.2) is 48.7 Å². The molecule has 5 nitrogen and oxygen atoms in total. The van der Waals surface area contributed by atoms with E-state index in [-0.39, 0.29) is 0 Å². The monoisotopic (exact) mass is 293 g/mol. The van der Waals surface area contributed by atoms with Crippen molar-refractivity contribution < 1.29 is 0 Å². The highest BCUT2D eigenvalue weighted by Crippen LogP contribution is 2.18. The van der Waals surface area contributed by atoms with Crippen molar-refractivity contribution >= 4 is 16.7 Å². The number of fused-ring (bicyclic) bond motifs is 1. The van der Waals surface area contributed by atoms with Gasteiger partial charge >= 0.3 is 0 Å². The second-order valence-electron chi connectivity index (χ2n) is 5.67. The minimum Gasteiger partial charge on any atom is -0.354 e. The zero-order valence-electron chi connectivity index (χ0n) is 12.4. The molecule has 1 N–H and O–H groups in total. The summed E-state index contributed by atoms with van der Waals surface area (Å²) < 4.78 is 0. The van der Waals surface area contributed by atoms with Gasteiger partial charge in [0.2, 0.25) is 0 Å². The van der Waals surface area contributed by atoms with Crippen molar-refractivity contribution in [2.45, 2.75) is 6.54 Å². The number of para-hydroxylation sites is 1. The maximum absolute atomic E-state index is 4.44. The number of nitrogens with one attached hydrogen (secondary N) is 1. The van der Waals surface area contributed by atoms with Crippen LogP contribution in [-0.4, -0.2) is 46.3 Å². The van der Waals surface area contributed by atoms with Crippen molar-refractivity contribution in [3.05, 3.63) is 54.4 Å². The Morgan fingerprint density at radius 1 is 0.955 bits per heavy atom. The van der Waals surface area contributed by atoms with Crippen molar-refractivity contribution in [1.82, 2.24) is 20.1 Å². The van der Waals surface area contributed by atoms with E-state index < -0.39 is 0 Å². The Balaban J connectivity index is 1.42. The summed E-state index contributed by atoms with van der Waals surface area (Å²) in [5.74, 6) is 1.08. The molecule has 0 unspecified atom stereocenters. The molecule has 1 aromatic carbocycles. The van der Waals surface area contributed by atoms with Gasteiger partial charge in [-0.05, 0) is 18.2 Å². The lowest BCUT2D eigenvalue weighted by Gasteiger charge is -2.35. The molecule has 1 saturated heterocycles. The molecule has 0 radical (unpaired) electrons. The van der Waals surface area contributed by atoms with Crippen molar-refractivity contribution in [2.24, 2.45) is 0 Å². The first-order valence-corrected chi connectivity index (χ1v) is 7.70. The van der Waals surface area contributed by atoms with Crippen molar-refractivity contribution in [3.8, 4) is 0 Å². The Kier molecular flexibility index (Phi) is 3.48. The molecule has 0 atom stereocenters. The minimum absolute atomic E-state index is 0.927. The average molecular weight is 293 g/mol. The molecular formula is C17H19N5. The lowest BCUT2D eigenvalue weighted by molar-refractivity contribution is 0.247. The molecule has 4 rings (SSSR count). The van der Waals surface area contributed by atoms with Crippen LogP contribution in [0.5, 0.6) is 0 Å². The first-order valence-electron chi connectivity index (χ1n) is 7.70. The van der Waals surface area contributed by atoms with Crippen LogP contribution in [0.4, 0.5) is 5.82 Å². The Morgan fingerprint density at radius 2 is 1.77 bits per heavy atom. The van der Waals surface area contributed by atoms with Gasteiger partial charge in [-0.25, -0.2) is 4.98 Å². The molecule has 0 saturated carbocycles. The molecule has 1 fully saturated rings. The van der Waals surface area contributed by atoms with E-state index in [9.17, 15) is 0 Å². The fourth-order valence-corrected chi connectivity index (χ4v) is 3.03. The zero-order chi connectivity index (χ0) is 14.8. The van der Waals surface area contributed by atoms with Crippen LogP contribution >= 0.6 is 0 Å². The highest BCUT2D eigenvalue weighted by atomic mass is 15.3. The molecular weight excluding hydrogens is 274 g/mol. The van der Waals surface area contributed by atoms with Crippen molar-refractivity contribution in [2.75, 3.05) is 31.1 Å². The van der Waals surface area contributed by atoms with Crippen LogP contribution in [0.3, 0.4) is 0 Å². The molecule has 0 spiro atoms. The number of piperazine rings is 1. The summed E-state index contributed by atoms with van der Waals surface area (Å²) in [6, 6.07) is 14.4. The van der Waals surface area contributed by atoms with Crippen molar-refractivity contribution in [1.29, 1.82) is 0 Å². The summed E-state index contributed by atoms with van der Waals surface area (Å²) in [6.07, 6.45) is 1.86. The van der Waals surface area contributed by atoms with E-state index in [1.165, 1.54) is 11.1 Å². The fraction of sp³-hybridized carbons (Fsp3) is 0.294. The van der Waals surface area contributed by atoms with Gasteiger partial charge in [0.25, 0.3) is 0 Å². The second kappa shape index (κ2) is 5.77. The van der Waals surface area contributed by atoms with Gasteiger partial charge in [-0.1, -0.05) is 24.3 Å². The molecule has 1 aliphatic rings. The van der Waals surface area contributed by atoms with Crippen LogP contribution in [0.25, 0.3) is 10.9 Å². The molecule has 0 bridgehead atoms. The number of anilines is 1. The standard InChI is InChI=1S/C17H19N5/c1-2-6-15-14(5-1)16(20-19-15)13-21-9-11-22(12-10-21)17-7-3-4-8-18-17/h1-8H,9-13H2,(H,19,20). The van der Waals surface area contributed by atoms with Gasteiger partial charge in [-0.15, -0.1) is 0 Å². The third-order valence-corrected chi connectivity index (χ3v) is 4.27. The van der Waals surface area contributed by atoms with Gasteiger partial charge in [-0.3, -0.25) is 10.00 Å².